The number of amides is 1. The first kappa shape index (κ1) is 21.6. The number of hydrogen-bond donors (Lipinski definition) is 1. The first-order valence-electron chi connectivity index (χ1n) is 9.63. The Balaban J connectivity index is 1.34. The molecule has 0 atom stereocenters. The lowest BCUT2D eigenvalue weighted by atomic mass is 10.1. The number of alkyl halides is 3. The van der Waals surface area contributed by atoms with Crippen LogP contribution in [0.1, 0.15) is 33.6 Å². The molecular formula is C22H18ClF3N2O2S. The van der Waals surface area contributed by atoms with E-state index >= 15 is 0 Å². The highest BCUT2D eigenvalue weighted by atomic mass is 35.5. The van der Waals surface area contributed by atoms with Gasteiger partial charge in [-0.3, -0.25) is 10.1 Å². The fourth-order valence-electron chi connectivity index (χ4n) is 3.46. The highest BCUT2D eigenvalue weighted by Gasteiger charge is 2.31. The Morgan fingerprint density at radius 2 is 1.97 bits per heavy atom. The molecule has 0 spiro atoms. The maximum atomic E-state index is 12.9. The van der Waals surface area contributed by atoms with E-state index in [-0.39, 0.29) is 24.0 Å². The van der Waals surface area contributed by atoms with Crippen LogP contribution in [0.5, 0.6) is 5.75 Å². The lowest BCUT2D eigenvalue weighted by molar-refractivity contribution is -0.137. The van der Waals surface area contributed by atoms with Gasteiger partial charge < -0.3 is 4.74 Å². The van der Waals surface area contributed by atoms with Crippen molar-refractivity contribution in [2.75, 3.05) is 11.9 Å². The van der Waals surface area contributed by atoms with Gasteiger partial charge in [0.2, 0.25) is 0 Å². The molecule has 0 saturated heterocycles. The second kappa shape index (κ2) is 8.88. The molecule has 1 aliphatic rings. The Morgan fingerprint density at radius 3 is 2.77 bits per heavy atom. The lowest BCUT2D eigenvalue weighted by Gasteiger charge is -2.09. The van der Waals surface area contributed by atoms with Crippen LogP contribution in [0.4, 0.5) is 18.3 Å². The molecule has 1 aliphatic carbocycles. The molecule has 4 nitrogen and oxygen atoms in total. The summed E-state index contributed by atoms with van der Waals surface area (Å²) in [7, 11) is 0. The van der Waals surface area contributed by atoms with E-state index in [0.29, 0.717) is 21.3 Å². The third kappa shape index (κ3) is 5.37. The van der Waals surface area contributed by atoms with Gasteiger partial charge in [-0.1, -0.05) is 17.7 Å². The van der Waals surface area contributed by atoms with Gasteiger partial charge in [0.15, 0.2) is 11.7 Å². The largest absolute Gasteiger partial charge is 0.484 e. The molecule has 0 saturated carbocycles. The second-order valence-corrected chi connectivity index (χ2v) is 8.76. The lowest BCUT2D eigenvalue weighted by Crippen LogP contribution is -2.20. The minimum atomic E-state index is -4.44. The molecule has 162 valence electrons. The van der Waals surface area contributed by atoms with Crippen LogP contribution in [-0.2, 0) is 30.2 Å². The van der Waals surface area contributed by atoms with Crippen LogP contribution in [0.15, 0.2) is 42.6 Å². The molecule has 9 heteroatoms. The van der Waals surface area contributed by atoms with E-state index in [0.717, 1.165) is 31.4 Å². The Bertz CT molecular complexity index is 1110. The van der Waals surface area contributed by atoms with Gasteiger partial charge in [0.25, 0.3) is 5.91 Å². The fraction of sp³-hybridized carbons (Fsp3) is 0.273. The number of aromatic nitrogens is 1. The standard InChI is InChI=1S/C22H18ClF3N2O2S/c23-19-7-5-16(22(24,25)26)8-15(19)10-18-11-27-21(31-18)28-20(29)12-30-17-6-4-13-2-1-3-14(13)9-17/h4-9,11H,1-3,10,12H2,(H,27,28,29). The zero-order chi connectivity index (χ0) is 22.0. The first-order valence-corrected chi connectivity index (χ1v) is 10.8. The van der Waals surface area contributed by atoms with Crippen molar-refractivity contribution in [2.45, 2.75) is 31.9 Å². The number of carbonyl (C=O) groups excluding carboxylic acids is 1. The minimum Gasteiger partial charge on any atom is -0.484 e. The Morgan fingerprint density at radius 1 is 1.16 bits per heavy atom. The summed E-state index contributed by atoms with van der Waals surface area (Å²) in [6, 6.07) is 9.07. The summed E-state index contributed by atoms with van der Waals surface area (Å²) >= 11 is 7.23. The van der Waals surface area contributed by atoms with E-state index in [9.17, 15) is 18.0 Å². The van der Waals surface area contributed by atoms with Crippen LogP contribution in [0.3, 0.4) is 0 Å². The maximum Gasteiger partial charge on any atom is 0.416 e. The van der Waals surface area contributed by atoms with Gasteiger partial charge in [-0.05, 0) is 66.3 Å². The third-order valence-corrected chi connectivity index (χ3v) is 6.26. The molecule has 1 aromatic heterocycles. The second-order valence-electron chi connectivity index (χ2n) is 7.23. The average Bonchev–Trinajstić information content (AvgIpc) is 3.36. The first-order chi connectivity index (χ1) is 14.8. The monoisotopic (exact) mass is 466 g/mol. The summed E-state index contributed by atoms with van der Waals surface area (Å²) in [6.07, 6.45) is 0.493. The Hall–Kier alpha value is -2.58. The predicted molar refractivity (Wildman–Crippen MR) is 114 cm³/mol. The smallest absolute Gasteiger partial charge is 0.416 e. The highest BCUT2D eigenvalue weighted by Crippen LogP contribution is 2.33. The van der Waals surface area contributed by atoms with E-state index < -0.39 is 11.7 Å². The number of nitrogens with zero attached hydrogens (tertiary/aromatic N) is 1. The molecule has 1 N–H and O–H groups in total. The van der Waals surface area contributed by atoms with Gasteiger partial charge in [-0.15, -0.1) is 11.3 Å². The van der Waals surface area contributed by atoms with Gasteiger partial charge in [0.1, 0.15) is 5.75 Å². The van der Waals surface area contributed by atoms with Crippen LogP contribution < -0.4 is 10.1 Å². The average molecular weight is 467 g/mol. The van der Waals surface area contributed by atoms with Crippen molar-refractivity contribution in [3.8, 4) is 5.75 Å². The highest BCUT2D eigenvalue weighted by molar-refractivity contribution is 7.15. The zero-order valence-corrected chi connectivity index (χ0v) is 17.8. The van der Waals surface area contributed by atoms with Crippen LogP contribution in [-0.4, -0.2) is 17.5 Å². The summed E-state index contributed by atoms with van der Waals surface area (Å²) in [6.45, 7) is -0.160. The molecule has 0 unspecified atom stereocenters. The van der Waals surface area contributed by atoms with E-state index in [1.54, 1.807) is 0 Å². The molecule has 31 heavy (non-hydrogen) atoms. The molecule has 0 aliphatic heterocycles. The molecule has 4 rings (SSSR count). The SMILES string of the molecule is O=C(COc1ccc2c(c1)CCC2)Nc1ncc(Cc2cc(C(F)(F)F)ccc2Cl)s1. The zero-order valence-electron chi connectivity index (χ0n) is 16.3. The van der Waals surface area contributed by atoms with E-state index in [4.69, 9.17) is 16.3 Å². The summed E-state index contributed by atoms with van der Waals surface area (Å²) in [5.41, 5.74) is 2.18. The Kier molecular flexibility index (Phi) is 6.20. The van der Waals surface area contributed by atoms with Crippen LogP contribution >= 0.6 is 22.9 Å². The normalized spacial score (nSPS) is 13.2. The van der Waals surface area contributed by atoms with Gasteiger partial charge in [0.05, 0.1) is 5.56 Å². The number of rotatable bonds is 6. The van der Waals surface area contributed by atoms with E-state index in [2.05, 4.69) is 10.3 Å². The van der Waals surface area contributed by atoms with Crippen molar-refractivity contribution in [2.24, 2.45) is 0 Å². The summed E-state index contributed by atoms with van der Waals surface area (Å²) in [5, 5.41) is 3.24. The fourth-order valence-corrected chi connectivity index (χ4v) is 4.50. The van der Waals surface area contributed by atoms with Crippen LogP contribution in [0.25, 0.3) is 0 Å². The predicted octanol–water partition coefficient (Wildman–Crippen LogP) is 5.91. The number of ether oxygens (including phenoxy) is 1. The van der Waals surface area contributed by atoms with Gasteiger partial charge >= 0.3 is 6.18 Å². The number of benzene rings is 2. The van der Waals surface area contributed by atoms with Crippen molar-refractivity contribution >= 4 is 34.0 Å². The number of hydrogen-bond acceptors (Lipinski definition) is 4. The number of halogens is 4. The topological polar surface area (TPSA) is 51.2 Å². The van der Waals surface area contributed by atoms with Gasteiger partial charge in [-0.25, -0.2) is 4.98 Å². The minimum absolute atomic E-state index is 0.160. The van der Waals surface area contributed by atoms with Crippen molar-refractivity contribution < 1.29 is 22.7 Å². The molecule has 0 radical (unpaired) electrons. The summed E-state index contributed by atoms with van der Waals surface area (Å²) < 4.78 is 44.4. The van der Waals surface area contributed by atoms with Crippen molar-refractivity contribution in [1.29, 1.82) is 0 Å². The summed E-state index contributed by atoms with van der Waals surface area (Å²) in [5.74, 6) is 0.285. The summed E-state index contributed by atoms with van der Waals surface area (Å²) in [4.78, 5) is 17.0. The quantitative estimate of drug-likeness (QED) is 0.491. The number of nitrogens with one attached hydrogen (secondary N) is 1. The maximum absolute atomic E-state index is 12.9. The molecule has 0 bridgehead atoms. The van der Waals surface area contributed by atoms with Crippen LogP contribution in [0.2, 0.25) is 5.02 Å². The van der Waals surface area contributed by atoms with Crippen LogP contribution in [0, 0.1) is 0 Å². The Labute approximate surface area is 186 Å². The number of aryl methyl sites for hydroxylation is 2. The van der Waals surface area contributed by atoms with Gasteiger partial charge in [-0.2, -0.15) is 13.2 Å². The number of carbonyl (C=O) groups is 1. The van der Waals surface area contributed by atoms with Crippen molar-refractivity contribution in [3.05, 3.63) is 74.7 Å². The van der Waals surface area contributed by atoms with E-state index in [1.807, 2.05) is 18.2 Å². The number of fused-ring (bicyclic) bond motifs is 1. The third-order valence-electron chi connectivity index (χ3n) is 4.98. The molecule has 0 fully saturated rings. The molecular weight excluding hydrogens is 449 g/mol. The molecule has 1 heterocycles. The van der Waals surface area contributed by atoms with Crippen molar-refractivity contribution in [1.82, 2.24) is 4.98 Å². The molecule has 1 amide bonds. The number of thiazole rings is 1. The molecule has 3 aromatic rings. The van der Waals surface area contributed by atoms with Crippen molar-refractivity contribution in [3.63, 3.8) is 0 Å². The van der Waals surface area contributed by atoms with Gasteiger partial charge in [0, 0.05) is 22.5 Å². The molecule has 2 aromatic carbocycles. The van der Waals surface area contributed by atoms with E-state index in [1.165, 1.54) is 34.7 Å². The number of anilines is 1.